The molecule has 3 aromatic rings. The van der Waals surface area contributed by atoms with E-state index in [4.69, 9.17) is 19.3 Å². The van der Waals surface area contributed by atoms with Crippen LogP contribution < -0.4 is 4.74 Å². The van der Waals surface area contributed by atoms with Gasteiger partial charge in [-0.3, -0.25) is 4.90 Å². The third-order valence-electron chi connectivity index (χ3n) is 5.32. The van der Waals surface area contributed by atoms with E-state index in [1.165, 1.54) is 0 Å². The minimum Gasteiger partial charge on any atom is -0.439 e. The normalized spacial score (nSPS) is 12.4. The van der Waals surface area contributed by atoms with Gasteiger partial charge < -0.3 is 19.3 Å². The van der Waals surface area contributed by atoms with Crippen LogP contribution in [0.5, 0.6) is 11.6 Å². The SMILES string of the molecule is COCCN(Cc1c(-c2ccccc2)nn(C)c1Oc1ccccc1)C[C@H](O)COCC(C)C. The van der Waals surface area contributed by atoms with Crippen LogP contribution in [0.3, 0.4) is 0 Å². The summed E-state index contributed by atoms with van der Waals surface area (Å²) in [5, 5.41) is 15.5. The molecule has 1 aromatic heterocycles. The quantitative estimate of drug-likeness (QED) is 0.380. The molecule has 0 fully saturated rings. The van der Waals surface area contributed by atoms with Crippen molar-refractivity contribution >= 4 is 0 Å². The van der Waals surface area contributed by atoms with E-state index in [1.807, 2.05) is 67.7 Å². The first kappa shape index (κ1) is 25.9. The zero-order valence-electron chi connectivity index (χ0n) is 20.7. The second kappa shape index (κ2) is 13.2. The van der Waals surface area contributed by atoms with Crippen molar-refractivity contribution in [1.82, 2.24) is 14.7 Å². The molecule has 7 heteroatoms. The Morgan fingerprint density at radius 1 is 1.00 bits per heavy atom. The number of ether oxygens (including phenoxy) is 3. The fraction of sp³-hybridized carbons (Fsp3) is 0.444. The van der Waals surface area contributed by atoms with Crippen molar-refractivity contribution in [3.8, 4) is 22.9 Å². The minimum atomic E-state index is -0.606. The third-order valence-corrected chi connectivity index (χ3v) is 5.32. The number of hydrogen-bond acceptors (Lipinski definition) is 6. The van der Waals surface area contributed by atoms with Crippen LogP contribution in [-0.2, 0) is 23.1 Å². The van der Waals surface area contributed by atoms with Gasteiger partial charge in [0.25, 0.3) is 0 Å². The second-order valence-corrected chi connectivity index (χ2v) is 8.85. The highest BCUT2D eigenvalue weighted by molar-refractivity contribution is 5.65. The molecule has 0 amide bonds. The van der Waals surface area contributed by atoms with Crippen molar-refractivity contribution in [2.75, 3.05) is 40.0 Å². The first-order valence-corrected chi connectivity index (χ1v) is 11.8. The predicted molar refractivity (Wildman–Crippen MR) is 134 cm³/mol. The fourth-order valence-corrected chi connectivity index (χ4v) is 3.72. The van der Waals surface area contributed by atoms with E-state index in [1.54, 1.807) is 11.8 Å². The van der Waals surface area contributed by atoms with Gasteiger partial charge in [-0.2, -0.15) is 5.10 Å². The zero-order valence-corrected chi connectivity index (χ0v) is 20.7. The van der Waals surface area contributed by atoms with E-state index in [0.717, 1.165) is 22.6 Å². The summed E-state index contributed by atoms with van der Waals surface area (Å²) in [6, 6.07) is 19.8. The van der Waals surface area contributed by atoms with Gasteiger partial charge in [0.05, 0.1) is 24.9 Å². The van der Waals surface area contributed by atoms with Gasteiger partial charge in [0.1, 0.15) is 11.4 Å². The number of aromatic nitrogens is 2. The Kier molecular flexibility index (Phi) is 10.1. The van der Waals surface area contributed by atoms with Crippen molar-refractivity contribution in [3.05, 3.63) is 66.2 Å². The van der Waals surface area contributed by atoms with Crippen molar-refractivity contribution in [2.24, 2.45) is 13.0 Å². The van der Waals surface area contributed by atoms with Crippen LogP contribution in [0.2, 0.25) is 0 Å². The highest BCUT2D eigenvalue weighted by Crippen LogP contribution is 2.34. The predicted octanol–water partition coefficient (Wildman–Crippen LogP) is 4.36. The molecule has 34 heavy (non-hydrogen) atoms. The molecule has 0 radical (unpaired) electrons. The number of nitrogens with zero attached hydrogens (tertiary/aromatic N) is 3. The van der Waals surface area contributed by atoms with Crippen LogP contribution in [0.4, 0.5) is 0 Å². The highest BCUT2D eigenvalue weighted by atomic mass is 16.5. The molecule has 1 heterocycles. The summed E-state index contributed by atoms with van der Waals surface area (Å²) in [4.78, 5) is 2.16. The Morgan fingerprint density at radius 2 is 1.68 bits per heavy atom. The lowest BCUT2D eigenvalue weighted by Crippen LogP contribution is -2.37. The van der Waals surface area contributed by atoms with Crippen molar-refractivity contribution < 1.29 is 19.3 Å². The Morgan fingerprint density at radius 3 is 2.32 bits per heavy atom. The summed E-state index contributed by atoms with van der Waals surface area (Å²) in [5.41, 5.74) is 2.84. The van der Waals surface area contributed by atoms with Crippen molar-refractivity contribution in [2.45, 2.75) is 26.5 Å². The zero-order chi connectivity index (χ0) is 24.3. The summed E-state index contributed by atoms with van der Waals surface area (Å²) < 4.78 is 19.1. The maximum Gasteiger partial charge on any atom is 0.222 e. The molecule has 1 atom stereocenters. The minimum absolute atomic E-state index is 0.299. The summed E-state index contributed by atoms with van der Waals surface area (Å²) in [7, 11) is 3.58. The molecule has 3 rings (SSSR count). The molecule has 7 nitrogen and oxygen atoms in total. The number of rotatable bonds is 14. The number of hydrogen-bond donors (Lipinski definition) is 1. The van der Waals surface area contributed by atoms with E-state index in [2.05, 4.69) is 18.7 Å². The molecule has 0 spiro atoms. The number of benzene rings is 2. The van der Waals surface area contributed by atoms with Gasteiger partial charge in [0.15, 0.2) is 0 Å². The van der Waals surface area contributed by atoms with Gasteiger partial charge in [-0.15, -0.1) is 0 Å². The van der Waals surface area contributed by atoms with Gasteiger partial charge in [-0.25, -0.2) is 4.68 Å². The fourth-order valence-electron chi connectivity index (χ4n) is 3.72. The van der Waals surface area contributed by atoms with Crippen molar-refractivity contribution in [3.63, 3.8) is 0 Å². The number of para-hydroxylation sites is 1. The van der Waals surface area contributed by atoms with Gasteiger partial charge in [-0.1, -0.05) is 62.4 Å². The van der Waals surface area contributed by atoms with Gasteiger partial charge in [-0.05, 0) is 18.1 Å². The molecule has 0 bridgehead atoms. The van der Waals surface area contributed by atoms with Gasteiger partial charge >= 0.3 is 0 Å². The van der Waals surface area contributed by atoms with Crippen LogP contribution >= 0.6 is 0 Å². The molecule has 0 unspecified atom stereocenters. The molecule has 0 aliphatic heterocycles. The maximum atomic E-state index is 10.6. The van der Waals surface area contributed by atoms with Crippen LogP contribution in [0.15, 0.2) is 60.7 Å². The lowest BCUT2D eigenvalue weighted by atomic mass is 10.1. The maximum absolute atomic E-state index is 10.6. The molecule has 2 aromatic carbocycles. The first-order valence-electron chi connectivity index (χ1n) is 11.8. The molecular weight excluding hydrogens is 430 g/mol. The van der Waals surface area contributed by atoms with Gasteiger partial charge in [0.2, 0.25) is 5.88 Å². The molecular formula is C27H37N3O4. The molecule has 0 aliphatic carbocycles. The molecule has 0 saturated heterocycles. The van der Waals surface area contributed by atoms with Crippen molar-refractivity contribution in [1.29, 1.82) is 0 Å². The highest BCUT2D eigenvalue weighted by Gasteiger charge is 2.23. The Bertz CT molecular complexity index is 976. The smallest absolute Gasteiger partial charge is 0.222 e. The Hall–Kier alpha value is -2.71. The summed E-state index contributed by atoms with van der Waals surface area (Å²) in [6.45, 7) is 7.33. The van der Waals surface area contributed by atoms with E-state index in [9.17, 15) is 5.11 Å². The first-order chi connectivity index (χ1) is 16.5. The number of aliphatic hydroxyl groups excluding tert-OH is 1. The lowest BCUT2D eigenvalue weighted by Gasteiger charge is -2.25. The van der Waals surface area contributed by atoms with Crippen LogP contribution in [0.1, 0.15) is 19.4 Å². The Labute approximate surface area is 202 Å². The van der Waals surface area contributed by atoms with E-state index >= 15 is 0 Å². The van der Waals surface area contributed by atoms with E-state index in [0.29, 0.717) is 51.3 Å². The molecule has 1 N–H and O–H groups in total. The van der Waals surface area contributed by atoms with E-state index in [-0.39, 0.29) is 0 Å². The monoisotopic (exact) mass is 467 g/mol. The van der Waals surface area contributed by atoms with Crippen LogP contribution in [0, 0.1) is 5.92 Å². The largest absolute Gasteiger partial charge is 0.439 e. The molecule has 0 aliphatic rings. The van der Waals surface area contributed by atoms with Gasteiger partial charge in [0, 0.05) is 46.0 Å². The topological polar surface area (TPSA) is 69.0 Å². The van der Waals surface area contributed by atoms with Crippen LogP contribution in [-0.4, -0.2) is 65.9 Å². The summed E-state index contributed by atoms with van der Waals surface area (Å²) >= 11 is 0. The number of aryl methyl sites for hydroxylation is 1. The average molecular weight is 468 g/mol. The van der Waals surface area contributed by atoms with Crippen LogP contribution in [0.25, 0.3) is 11.3 Å². The summed E-state index contributed by atoms with van der Waals surface area (Å²) in [5.74, 6) is 1.85. The lowest BCUT2D eigenvalue weighted by molar-refractivity contribution is 0.00329. The average Bonchev–Trinajstić information content (AvgIpc) is 3.13. The summed E-state index contributed by atoms with van der Waals surface area (Å²) in [6.07, 6.45) is -0.606. The van der Waals surface area contributed by atoms with E-state index < -0.39 is 6.10 Å². The molecule has 184 valence electrons. The number of aliphatic hydroxyl groups is 1. The standard InChI is InChI=1S/C27H37N3O4/c1-21(2)19-33-20-23(31)17-30(15-16-32-4)18-25-26(22-11-7-5-8-12-22)28-29(3)27(25)34-24-13-9-6-10-14-24/h5-14,21,23,31H,15-20H2,1-4H3/t23-/m0/s1. The number of methoxy groups -OCH3 is 1. The second-order valence-electron chi connectivity index (χ2n) is 8.85. The Balaban J connectivity index is 1.88. The third kappa shape index (κ3) is 7.67. The molecule has 0 saturated carbocycles.